The summed E-state index contributed by atoms with van der Waals surface area (Å²) in [4.78, 5) is 23.2. The van der Waals surface area contributed by atoms with Crippen LogP contribution < -0.4 is 15.4 Å². The van der Waals surface area contributed by atoms with Crippen LogP contribution in [-0.4, -0.2) is 31.8 Å². The van der Waals surface area contributed by atoms with Gasteiger partial charge in [-0.1, -0.05) is 18.2 Å². The Morgan fingerprint density at radius 3 is 2.48 bits per heavy atom. The van der Waals surface area contributed by atoms with Crippen LogP contribution in [0.3, 0.4) is 0 Å². The average molecular weight is 344 g/mol. The fourth-order valence-electron chi connectivity index (χ4n) is 2.35. The number of fused-ring (bicyclic) bond motifs is 1. The molecule has 2 aromatic carbocycles. The van der Waals surface area contributed by atoms with Crippen LogP contribution in [0.2, 0.25) is 0 Å². The third kappa shape index (κ3) is 5.99. The Hall–Kier alpha value is -2.76. The molecule has 2 aromatic rings. The molecule has 0 spiro atoms. The maximum Gasteiger partial charge on any atom is 0.315 e. The summed E-state index contributed by atoms with van der Waals surface area (Å²) in [6.07, 6.45) is 0.0119. The summed E-state index contributed by atoms with van der Waals surface area (Å²) in [6.45, 7) is 4.23. The molecule has 0 atom stereocenters. The van der Waals surface area contributed by atoms with Gasteiger partial charge in [0, 0.05) is 13.1 Å². The van der Waals surface area contributed by atoms with Crippen molar-refractivity contribution in [2.24, 2.45) is 0 Å². The van der Waals surface area contributed by atoms with Gasteiger partial charge in [0.25, 0.3) is 0 Å². The highest BCUT2D eigenvalue weighted by Gasteiger charge is 2.07. The first kappa shape index (κ1) is 18.6. The lowest BCUT2D eigenvalue weighted by molar-refractivity contribution is -0.147. The topological polar surface area (TPSA) is 76.7 Å². The summed E-state index contributed by atoms with van der Waals surface area (Å²) in [5.74, 6) is 0.494. The molecule has 0 saturated heterocycles. The van der Waals surface area contributed by atoms with E-state index >= 15 is 0 Å². The number of esters is 1. The molecule has 0 saturated carbocycles. The van der Waals surface area contributed by atoms with Crippen molar-refractivity contribution >= 4 is 22.8 Å². The summed E-state index contributed by atoms with van der Waals surface area (Å²) in [5.41, 5.74) is 0.993. The van der Waals surface area contributed by atoms with Crippen molar-refractivity contribution in [3.63, 3.8) is 0 Å². The lowest BCUT2D eigenvalue weighted by Gasteiger charge is -2.10. The van der Waals surface area contributed by atoms with Gasteiger partial charge in [0.05, 0.1) is 19.6 Å². The van der Waals surface area contributed by atoms with Gasteiger partial charge in [-0.25, -0.2) is 4.79 Å². The third-order valence-corrected chi connectivity index (χ3v) is 3.55. The first-order chi connectivity index (χ1) is 12.0. The number of carbonyl (C=O) groups is 2. The summed E-state index contributed by atoms with van der Waals surface area (Å²) in [5, 5.41) is 7.58. The van der Waals surface area contributed by atoms with E-state index in [0.29, 0.717) is 6.54 Å². The lowest BCUT2D eigenvalue weighted by atomic mass is 10.1. The van der Waals surface area contributed by atoms with Crippen LogP contribution in [0, 0.1) is 0 Å². The number of hydrogen-bond donors (Lipinski definition) is 2. The number of amides is 2. The summed E-state index contributed by atoms with van der Waals surface area (Å²) >= 11 is 0. The molecular formula is C19H24N2O4. The van der Waals surface area contributed by atoms with Crippen LogP contribution in [0.1, 0.15) is 25.8 Å². The zero-order valence-corrected chi connectivity index (χ0v) is 14.8. The first-order valence-corrected chi connectivity index (χ1v) is 8.26. The fraction of sp³-hybridized carbons (Fsp3) is 0.368. The molecule has 0 aliphatic heterocycles. The molecule has 0 aliphatic carbocycles. The van der Waals surface area contributed by atoms with E-state index in [1.54, 1.807) is 21.0 Å². The normalized spacial score (nSPS) is 10.6. The number of benzene rings is 2. The van der Waals surface area contributed by atoms with E-state index in [9.17, 15) is 9.59 Å². The zero-order valence-electron chi connectivity index (χ0n) is 14.8. The smallest absolute Gasteiger partial charge is 0.315 e. The number of hydrogen-bond acceptors (Lipinski definition) is 4. The van der Waals surface area contributed by atoms with Crippen LogP contribution >= 0.6 is 0 Å². The molecule has 0 bridgehead atoms. The molecule has 6 heteroatoms. The second kappa shape index (κ2) is 8.92. The molecular weight excluding hydrogens is 320 g/mol. The summed E-state index contributed by atoms with van der Waals surface area (Å²) in [6, 6.07) is 11.5. The molecule has 2 rings (SSSR count). The minimum atomic E-state index is -0.319. The van der Waals surface area contributed by atoms with Crippen molar-refractivity contribution in [3.8, 4) is 5.75 Å². The predicted molar refractivity (Wildman–Crippen MR) is 96.6 cm³/mol. The van der Waals surface area contributed by atoms with Crippen LogP contribution in [0.4, 0.5) is 4.79 Å². The van der Waals surface area contributed by atoms with Gasteiger partial charge in [-0.3, -0.25) is 4.79 Å². The Balaban J connectivity index is 1.79. The molecule has 2 amide bonds. The SMILES string of the molecule is COc1ccc2cc(CNC(=O)NCCC(=O)OC(C)C)ccc2c1. The van der Waals surface area contributed by atoms with Gasteiger partial charge < -0.3 is 20.1 Å². The number of nitrogens with one attached hydrogen (secondary N) is 2. The molecule has 0 unspecified atom stereocenters. The largest absolute Gasteiger partial charge is 0.497 e. The zero-order chi connectivity index (χ0) is 18.2. The van der Waals surface area contributed by atoms with E-state index in [2.05, 4.69) is 10.6 Å². The Kier molecular flexibility index (Phi) is 6.62. The monoisotopic (exact) mass is 344 g/mol. The Labute approximate surface area is 147 Å². The van der Waals surface area contributed by atoms with Crippen molar-refractivity contribution in [1.82, 2.24) is 10.6 Å². The second-order valence-corrected chi connectivity index (χ2v) is 5.95. The minimum Gasteiger partial charge on any atom is -0.497 e. The predicted octanol–water partition coefficient (Wildman–Crippen LogP) is 2.99. The van der Waals surface area contributed by atoms with Gasteiger partial charge in [0.1, 0.15) is 5.75 Å². The highest BCUT2D eigenvalue weighted by atomic mass is 16.5. The van der Waals surface area contributed by atoms with Crippen molar-refractivity contribution in [2.45, 2.75) is 32.9 Å². The van der Waals surface area contributed by atoms with Gasteiger partial charge in [0.15, 0.2) is 0 Å². The quantitative estimate of drug-likeness (QED) is 0.757. The number of ether oxygens (including phenoxy) is 2. The van der Waals surface area contributed by atoms with Gasteiger partial charge in [-0.05, 0) is 48.4 Å². The van der Waals surface area contributed by atoms with Crippen molar-refractivity contribution in [3.05, 3.63) is 42.0 Å². The van der Waals surface area contributed by atoms with Gasteiger partial charge in [0.2, 0.25) is 0 Å². The van der Waals surface area contributed by atoms with E-state index in [1.807, 2.05) is 36.4 Å². The Morgan fingerprint density at radius 1 is 1.04 bits per heavy atom. The van der Waals surface area contributed by atoms with Gasteiger partial charge in [-0.15, -0.1) is 0 Å². The summed E-state index contributed by atoms with van der Waals surface area (Å²) in [7, 11) is 1.64. The van der Waals surface area contributed by atoms with E-state index < -0.39 is 0 Å². The van der Waals surface area contributed by atoms with Crippen LogP contribution in [0.5, 0.6) is 5.75 Å². The van der Waals surface area contributed by atoms with E-state index in [1.165, 1.54) is 0 Å². The van der Waals surface area contributed by atoms with E-state index in [4.69, 9.17) is 9.47 Å². The van der Waals surface area contributed by atoms with Crippen LogP contribution in [0.25, 0.3) is 10.8 Å². The van der Waals surface area contributed by atoms with Gasteiger partial charge in [-0.2, -0.15) is 0 Å². The fourth-order valence-corrected chi connectivity index (χ4v) is 2.35. The third-order valence-electron chi connectivity index (χ3n) is 3.55. The maximum atomic E-state index is 11.8. The molecule has 0 fully saturated rings. The maximum absolute atomic E-state index is 11.8. The molecule has 25 heavy (non-hydrogen) atoms. The number of methoxy groups -OCH3 is 1. The minimum absolute atomic E-state index is 0.144. The molecule has 0 aliphatic rings. The standard InChI is InChI=1S/C19H24N2O4/c1-13(2)25-18(22)8-9-20-19(23)21-12-14-4-5-16-11-17(24-3)7-6-15(16)10-14/h4-7,10-11,13H,8-9,12H2,1-3H3,(H2,20,21,23). The second-order valence-electron chi connectivity index (χ2n) is 5.95. The van der Waals surface area contributed by atoms with E-state index in [0.717, 1.165) is 22.1 Å². The van der Waals surface area contributed by atoms with Crippen LogP contribution in [-0.2, 0) is 16.1 Å². The molecule has 134 valence electrons. The summed E-state index contributed by atoms with van der Waals surface area (Å²) < 4.78 is 10.2. The van der Waals surface area contributed by atoms with Crippen molar-refractivity contribution in [2.75, 3.05) is 13.7 Å². The number of urea groups is 1. The molecule has 6 nitrogen and oxygen atoms in total. The molecule has 0 radical (unpaired) electrons. The van der Waals surface area contributed by atoms with Crippen molar-refractivity contribution < 1.29 is 19.1 Å². The highest BCUT2D eigenvalue weighted by Crippen LogP contribution is 2.21. The highest BCUT2D eigenvalue weighted by molar-refractivity contribution is 5.84. The molecule has 0 heterocycles. The number of carbonyl (C=O) groups excluding carboxylic acids is 2. The molecule has 2 N–H and O–H groups in total. The molecule has 0 aromatic heterocycles. The lowest BCUT2D eigenvalue weighted by Crippen LogP contribution is -2.36. The van der Waals surface area contributed by atoms with Crippen LogP contribution in [0.15, 0.2) is 36.4 Å². The average Bonchev–Trinajstić information content (AvgIpc) is 2.58. The van der Waals surface area contributed by atoms with Crippen molar-refractivity contribution in [1.29, 1.82) is 0 Å². The number of rotatable bonds is 7. The van der Waals surface area contributed by atoms with E-state index in [-0.39, 0.29) is 31.1 Å². The Bertz CT molecular complexity index is 743. The Morgan fingerprint density at radius 2 is 1.76 bits per heavy atom. The van der Waals surface area contributed by atoms with Gasteiger partial charge >= 0.3 is 12.0 Å². The first-order valence-electron chi connectivity index (χ1n) is 8.26.